The van der Waals surface area contributed by atoms with Gasteiger partial charge in [-0.05, 0) is 12.8 Å². The largest absolute Gasteiger partial charge is 0.310 e. The number of hydrogen-bond donors (Lipinski definition) is 2. The van der Waals surface area contributed by atoms with Gasteiger partial charge in [0.1, 0.15) is 5.82 Å². The number of rotatable bonds is 4. The molecule has 1 atom stereocenters. The van der Waals surface area contributed by atoms with Gasteiger partial charge in [0.25, 0.3) is 5.56 Å². The van der Waals surface area contributed by atoms with Crippen molar-refractivity contribution >= 4 is 23.5 Å². The van der Waals surface area contributed by atoms with E-state index >= 15 is 0 Å². The molecule has 1 aliphatic heterocycles. The molecule has 1 aromatic rings. The predicted molar refractivity (Wildman–Crippen MR) is 77.2 cm³/mol. The second-order valence-corrected chi connectivity index (χ2v) is 7.17. The van der Waals surface area contributed by atoms with Gasteiger partial charge in [-0.2, -0.15) is 11.8 Å². The summed E-state index contributed by atoms with van der Waals surface area (Å²) < 4.78 is 0. The van der Waals surface area contributed by atoms with Crippen LogP contribution >= 0.6 is 23.5 Å². The molecule has 1 unspecified atom stereocenters. The van der Waals surface area contributed by atoms with Crippen molar-refractivity contribution in [2.45, 2.75) is 30.7 Å². The SMILES string of the molecule is O=c1cc(CNC2CC2)nc(C2CSCCS2)[nH]1. The Morgan fingerprint density at radius 2 is 2.33 bits per heavy atom. The third-order valence-electron chi connectivity index (χ3n) is 3.08. The topological polar surface area (TPSA) is 57.8 Å². The van der Waals surface area contributed by atoms with Gasteiger partial charge in [-0.25, -0.2) is 4.98 Å². The number of aromatic nitrogens is 2. The minimum atomic E-state index is -0.0243. The number of H-pyrrole nitrogens is 1. The molecule has 2 fully saturated rings. The van der Waals surface area contributed by atoms with Crippen molar-refractivity contribution in [2.75, 3.05) is 17.3 Å². The van der Waals surface area contributed by atoms with E-state index in [1.165, 1.54) is 18.6 Å². The summed E-state index contributed by atoms with van der Waals surface area (Å²) in [7, 11) is 0. The van der Waals surface area contributed by atoms with Crippen LogP contribution in [0.5, 0.6) is 0 Å². The fourth-order valence-corrected chi connectivity index (χ4v) is 4.58. The number of aromatic amines is 1. The van der Waals surface area contributed by atoms with Gasteiger partial charge in [-0.15, -0.1) is 11.8 Å². The molecule has 0 aromatic carbocycles. The lowest BCUT2D eigenvalue weighted by atomic mass is 10.3. The zero-order chi connectivity index (χ0) is 12.4. The summed E-state index contributed by atoms with van der Waals surface area (Å²) in [4.78, 5) is 19.2. The standard InChI is InChI=1S/C12H17N3OS2/c16-11-5-9(6-13-8-1-2-8)14-12(15-11)10-7-17-3-4-18-10/h5,8,10,13H,1-4,6-7H2,(H,14,15,16). The van der Waals surface area contributed by atoms with Crippen LogP contribution < -0.4 is 10.9 Å². The molecular formula is C12H17N3OS2. The number of thioether (sulfide) groups is 2. The van der Waals surface area contributed by atoms with Crippen LogP contribution in [0, 0.1) is 0 Å². The van der Waals surface area contributed by atoms with Crippen molar-refractivity contribution in [1.82, 2.24) is 15.3 Å². The number of nitrogens with zero attached hydrogens (tertiary/aromatic N) is 1. The molecular weight excluding hydrogens is 266 g/mol. The molecule has 1 saturated carbocycles. The Kier molecular flexibility index (Phi) is 3.96. The van der Waals surface area contributed by atoms with E-state index in [2.05, 4.69) is 15.3 Å². The highest BCUT2D eigenvalue weighted by Gasteiger charge is 2.22. The monoisotopic (exact) mass is 283 g/mol. The second kappa shape index (κ2) is 5.67. The fraction of sp³-hybridized carbons (Fsp3) is 0.667. The lowest BCUT2D eigenvalue weighted by Gasteiger charge is -2.20. The number of nitrogens with one attached hydrogen (secondary N) is 2. The van der Waals surface area contributed by atoms with Gasteiger partial charge in [0.2, 0.25) is 0 Å². The van der Waals surface area contributed by atoms with Crippen LogP contribution in [0.2, 0.25) is 0 Å². The van der Waals surface area contributed by atoms with Gasteiger partial charge in [0.15, 0.2) is 0 Å². The maximum Gasteiger partial charge on any atom is 0.251 e. The normalized spacial score (nSPS) is 24.1. The minimum Gasteiger partial charge on any atom is -0.310 e. The Morgan fingerprint density at radius 3 is 3.06 bits per heavy atom. The maximum atomic E-state index is 11.7. The first-order valence-corrected chi connectivity index (χ1v) is 8.54. The van der Waals surface area contributed by atoms with E-state index in [-0.39, 0.29) is 5.56 Å². The Bertz CT molecular complexity index is 467. The van der Waals surface area contributed by atoms with Crippen molar-refractivity contribution in [2.24, 2.45) is 0 Å². The third kappa shape index (κ3) is 3.30. The molecule has 18 heavy (non-hydrogen) atoms. The second-order valence-electron chi connectivity index (χ2n) is 4.71. The van der Waals surface area contributed by atoms with E-state index in [1.54, 1.807) is 6.07 Å². The molecule has 1 saturated heterocycles. The predicted octanol–water partition coefficient (Wildman–Crippen LogP) is 1.54. The average Bonchev–Trinajstić information content (AvgIpc) is 3.21. The zero-order valence-electron chi connectivity index (χ0n) is 10.1. The highest BCUT2D eigenvalue weighted by molar-refractivity contribution is 8.06. The van der Waals surface area contributed by atoms with Crippen molar-refractivity contribution < 1.29 is 0 Å². The first kappa shape index (κ1) is 12.6. The summed E-state index contributed by atoms with van der Waals surface area (Å²) >= 11 is 3.84. The molecule has 2 N–H and O–H groups in total. The van der Waals surface area contributed by atoms with Crippen molar-refractivity contribution in [1.29, 1.82) is 0 Å². The molecule has 0 radical (unpaired) electrons. The Morgan fingerprint density at radius 1 is 1.44 bits per heavy atom. The zero-order valence-corrected chi connectivity index (χ0v) is 11.8. The van der Waals surface area contributed by atoms with Crippen LogP contribution in [-0.2, 0) is 6.54 Å². The van der Waals surface area contributed by atoms with Gasteiger partial charge < -0.3 is 10.3 Å². The first-order valence-electron chi connectivity index (χ1n) is 6.34. The summed E-state index contributed by atoms with van der Waals surface area (Å²) in [5, 5.41) is 3.75. The smallest absolute Gasteiger partial charge is 0.251 e. The van der Waals surface area contributed by atoms with E-state index in [1.807, 2.05) is 23.5 Å². The van der Waals surface area contributed by atoms with Gasteiger partial charge in [0, 0.05) is 35.9 Å². The quantitative estimate of drug-likeness (QED) is 0.878. The van der Waals surface area contributed by atoms with Gasteiger partial charge in [-0.1, -0.05) is 0 Å². The van der Waals surface area contributed by atoms with Crippen molar-refractivity contribution in [3.8, 4) is 0 Å². The molecule has 6 heteroatoms. The lowest BCUT2D eigenvalue weighted by Crippen LogP contribution is -2.22. The van der Waals surface area contributed by atoms with Crippen LogP contribution in [-0.4, -0.2) is 33.3 Å². The summed E-state index contributed by atoms with van der Waals surface area (Å²) in [6.07, 6.45) is 2.51. The van der Waals surface area contributed by atoms with Crippen LogP contribution in [0.4, 0.5) is 0 Å². The van der Waals surface area contributed by atoms with E-state index in [9.17, 15) is 4.79 Å². The van der Waals surface area contributed by atoms with Crippen molar-refractivity contribution in [3.05, 3.63) is 27.9 Å². The third-order valence-corrected chi connectivity index (χ3v) is 5.85. The summed E-state index contributed by atoms with van der Waals surface area (Å²) in [6, 6.07) is 2.26. The molecule has 0 bridgehead atoms. The summed E-state index contributed by atoms with van der Waals surface area (Å²) in [6.45, 7) is 0.714. The minimum absolute atomic E-state index is 0.0243. The van der Waals surface area contributed by atoms with E-state index in [4.69, 9.17) is 0 Å². The van der Waals surface area contributed by atoms with Crippen molar-refractivity contribution in [3.63, 3.8) is 0 Å². The molecule has 98 valence electrons. The summed E-state index contributed by atoms with van der Waals surface area (Å²) in [5.41, 5.74) is 0.848. The Hall–Kier alpha value is -0.460. The Labute approximate surface area is 115 Å². The van der Waals surface area contributed by atoms with E-state index in [0.717, 1.165) is 23.0 Å². The number of hydrogen-bond acceptors (Lipinski definition) is 5. The van der Waals surface area contributed by atoms with Gasteiger partial charge >= 0.3 is 0 Å². The van der Waals surface area contributed by atoms with Crippen LogP contribution in [0.1, 0.15) is 29.6 Å². The highest BCUT2D eigenvalue weighted by atomic mass is 32.2. The molecule has 0 amide bonds. The molecule has 1 aromatic heterocycles. The van der Waals surface area contributed by atoms with Gasteiger partial charge in [-0.3, -0.25) is 4.79 Å². The molecule has 2 heterocycles. The maximum absolute atomic E-state index is 11.7. The molecule has 1 aliphatic carbocycles. The Balaban J connectivity index is 1.73. The molecule has 3 rings (SSSR count). The molecule has 0 spiro atoms. The van der Waals surface area contributed by atoms with Crippen LogP contribution in [0.15, 0.2) is 10.9 Å². The van der Waals surface area contributed by atoms with Gasteiger partial charge in [0.05, 0.1) is 10.9 Å². The molecule has 2 aliphatic rings. The van der Waals surface area contributed by atoms with E-state index < -0.39 is 0 Å². The average molecular weight is 283 g/mol. The van der Waals surface area contributed by atoms with E-state index in [0.29, 0.717) is 17.8 Å². The van der Waals surface area contributed by atoms with Crippen LogP contribution in [0.3, 0.4) is 0 Å². The highest BCUT2D eigenvalue weighted by Crippen LogP contribution is 2.34. The molecule has 4 nitrogen and oxygen atoms in total. The summed E-state index contributed by atoms with van der Waals surface area (Å²) in [5.74, 6) is 4.25. The van der Waals surface area contributed by atoms with Crippen LogP contribution in [0.25, 0.3) is 0 Å². The fourth-order valence-electron chi connectivity index (χ4n) is 1.95. The first-order chi connectivity index (χ1) is 8.81. The lowest BCUT2D eigenvalue weighted by molar-refractivity contribution is 0.666.